The molecule has 0 aromatic carbocycles. The Morgan fingerprint density at radius 1 is 1.42 bits per heavy atom. The highest BCUT2D eigenvalue weighted by Gasteiger charge is 2.33. The number of aromatic nitrogens is 2. The molecule has 5 nitrogen and oxygen atoms in total. The third-order valence-electron chi connectivity index (χ3n) is 1.94. The number of halogens is 4. The predicted molar refractivity (Wildman–Crippen MR) is 64.8 cm³/mol. The predicted octanol–water partition coefficient (Wildman–Crippen LogP) is 1.99. The van der Waals surface area contributed by atoms with Gasteiger partial charge < -0.3 is 5.32 Å². The first-order valence-corrected chi connectivity index (χ1v) is 7.47. The standard InChI is InChI=1S/C9H11ClF3N3O2S/c1-5(4-19(2,17)18)14-7-3-6(9(11,12)13)15-8(10)16-7/h3,5H,4H2,1-2H3,(H,14,15,16). The van der Waals surface area contributed by atoms with Crippen LogP contribution in [0.25, 0.3) is 0 Å². The molecule has 10 heteroatoms. The smallest absolute Gasteiger partial charge is 0.366 e. The lowest BCUT2D eigenvalue weighted by molar-refractivity contribution is -0.141. The third kappa shape index (κ3) is 5.60. The van der Waals surface area contributed by atoms with Crippen molar-refractivity contribution in [2.75, 3.05) is 17.3 Å². The Balaban J connectivity index is 2.93. The van der Waals surface area contributed by atoms with Crippen LogP contribution in [-0.2, 0) is 16.0 Å². The van der Waals surface area contributed by atoms with Crippen LogP contribution >= 0.6 is 11.6 Å². The van der Waals surface area contributed by atoms with E-state index in [1.54, 1.807) is 0 Å². The Morgan fingerprint density at radius 3 is 2.47 bits per heavy atom. The van der Waals surface area contributed by atoms with Gasteiger partial charge in [-0.1, -0.05) is 0 Å². The summed E-state index contributed by atoms with van der Waals surface area (Å²) in [4.78, 5) is 6.62. The molecule has 1 aromatic rings. The van der Waals surface area contributed by atoms with Gasteiger partial charge in [-0.3, -0.25) is 0 Å². The van der Waals surface area contributed by atoms with Crippen molar-refractivity contribution in [3.63, 3.8) is 0 Å². The molecule has 0 aliphatic carbocycles. The lowest BCUT2D eigenvalue weighted by Crippen LogP contribution is -2.26. The van der Waals surface area contributed by atoms with Gasteiger partial charge in [-0.15, -0.1) is 0 Å². The van der Waals surface area contributed by atoms with E-state index in [0.717, 1.165) is 6.26 Å². The summed E-state index contributed by atoms with van der Waals surface area (Å²) >= 11 is 5.39. The molecule has 1 N–H and O–H groups in total. The fourth-order valence-electron chi connectivity index (χ4n) is 1.39. The van der Waals surface area contributed by atoms with Crippen LogP contribution in [0.4, 0.5) is 19.0 Å². The van der Waals surface area contributed by atoms with Crippen molar-refractivity contribution < 1.29 is 21.6 Å². The minimum atomic E-state index is -4.65. The van der Waals surface area contributed by atoms with Crippen LogP contribution in [0.3, 0.4) is 0 Å². The highest BCUT2D eigenvalue weighted by atomic mass is 35.5. The van der Waals surface area contributed by atoms with E-state index in [-0.39, 0.29) is 11.6 Å². The molecule has 0 amide bonds. The van der Waals surface area contributed by atoms with Crippen LogP contribution in [0.2, 0.25) is 5.28 Å². The van der Waals surface area contributed by atoms with Crippen molar-refractivity contribution in [3.05, 3.63) is 17.0 Å². The second kappa shape index (κ2) is 5.49. The third-order valence-corrected chi connectivity index (χ3v) is 3.21. The molecule has 0 saturated heterocycles. The molecular formula is C9H11ClF3N3O2S. The van der Waals surface area contributed by atoms with Crippen LogP contribution in [0, 0.1) is 0 Å². The zero-order valence-electron chi connectivity index (χ0n) is 9.99. The monoisotopic (exact) mass is 317 g/mol. The largest absolute Gasteiger partial charge is 0.433 e. The van der Waals surface area contributed by atoms with Gasteiger partial charge in [-0.2, -0.15) is 13.2 Å². The van der Waals surface area contributed by atoms with E-state index in [2.05, 4.69) is 15.3 Å². The Kier molecular flexibility index (Phi) is 4.62. The second-order valence-corrected chi connectivity index (χ2v) is 6.57. The first-order chi connectivity index (χ1) is 8.47. The molecule has 0 fully saturated rings. The van der Waals surface area contributed by atoms with E-state index in [0.29, 0.717) is 6.07 Å². The maximum atomic E-state index is 12.5. The van der Waals surface area contributed by atoms with Crippen LogP contribution in [-0.4, -0.2) is 36.4 Å². The van der Waals surface area contributed by atoms with E-state index < -0.39 is 33.0 Å². The average Bonchev–Trinajstić information content (AvgIpc) is 2.11. The number of anilines is 1. The van der Waals surface area contributed by atoms with E-state index in [9.17, 15) is 21.6 Å². The van der Waals surface area contributed by atoms with Gasteiger partial charge in [0.2, 0.25) is 5.28 Å². The molecule has 19 heavy (non-hydrogen) atoms. The van der Waals surface area contributed by atoms with Crippen LogP contribution < -0.4 is 5.32 Å². The van der Waals surface area contributed by atoms with Crippen molar-refractivity contribution in [1.29, 1.82) is 0 Å². The number of rotatable bonds is 4. The summed E-state index contributed by atoms with van der Waals surface area (Å²) in [6.45, 7) is 1.50. The fourth-order valence-corrected chi connectivity index (χ4v) is 2.56. The number of nitrogens with one attached hydrogen (secondary N) is 1. The van der Waals surface area contributed by atoms with E-state index >= 15 is 0 Å². The summed E-state index contributed by atoms with van der Waals surface area (Å²) < 4.78 is 59.5. The maximum absolute atomic E-state index is 12.5. The van der Waals surface area contributed by atoms with E-state index in [1.807, 2.05) is 0 Å². The van der Waals surface area contributed by atoms with Crippen molar-refractivity contribution in [3.8, 4) is 0 Å². The molecule has 1 aromatic heterocycles. The lowest BCUT2D eigenvalue weighted by atomic mass is 10.3. The van der Waals surface area contributed by atoms with Crippen LogP contribution in [0.1, 0.15) is 12.6 Å². The summed E-state index contributed by atoms with van der Waals surface area (Å²) in [5, 5.41) is 1.97. The van der Waals surface area contributed by atoms with Gasteiger partial charge in [-0.05, 0) is 18.5 Å². The van der Waals surface area contributed by atoms with E-state index in [4.69, 9.17) is 11.6 Å². The summed E-state index contributed by atoms with van der Waals surface area (Å²) in [6, 6.07) is 0.0621. The van der Waals surface area contributed by atoms with Gasteiger partial charge in [0.15, 0.2) is 5.69 Å². The first kappa shape index (κ1) is 16.0. The molecular weight excluding hydrogens is 307 g/mol. The number of hydrogen-bond acceptors (Lipinski definition) is 5. The Labute approximate surface area is 113 Å². The van der Waals surface area contributed by atoms with Gasteiger partial charge in [0.25, 0.3) is 0 Å². The Bertz CT molecular complexity index is 562. The van der Waals surface area contributed by atoms with E-state index in [1.165, 1.54) is 6.92 Å². The molecule has 0 aliphatic heterocycles. The van der Waals surface area contributed by atoms with Gasteiger partial charge in [0.1, 0.15) is 15.7 Å². The van der Waals surface area contributed by atoms with Gasteiger partial charge in [-0.25, -0.2) is 18.4 Å². The maximum Gasteiger partial charge on any atom is 0.433 e. The molecule has 0 radical (unpaired) electrons. The second-order valence-electron chi connectivity index (χ2n) is 4.04. The molecule has 0 spiro atoms. The number of nitrogens with zero attached hydrogens (tertiary/aromatic N) is 2. The summed E-state index contributed by atoms with van der Waals surface area (Å²) in [5.74, 6) is -0.417. The molecule has 108 valence electrons. The minimum absolute atomic E-state index is 0.177. The molecule has 0 saturated carbocycles. The summed E-state index contributed by atoms with van der Waals surface area (Å²) in [7, 11) is -3.25. The molecule has 0 aliphatic rings. The first-order valence-electron chi connectivity index (χ1n) is 5.03. The van der Waals surface area contributed by atoms with Gasteiger partial charge in [0, 0.05) is 18.4 Å². The number of sulfone groups is 1. The highest BCUT2D eigenvalue weighted by Crippen LogP contribution is 2.29. The normalized spacial score (nSPS) is 14.2. The molecule has 1 atom stereocenters. The minimum Gasteiger partial charge on any atom is -0.366 e. The summed E-state index contributed by atoms with van der Waals surface area (Å²) in [5.41, 5.74) is -1.19. The number of alkyl halides is 3. The average molecular weight is 318 g/mol. The molecule has 1 rings (SSSR count). The van der Waals surface area contributed by atoms with Crippen molar-refractivity contribution in [2.24, 2.45) is 0 Å². The van der Waals surface area contributed by atoms with Crippen molar-refractivity contribution in [1.82, 2.24) is 9.97 Å². The zero-order valence-corrected chi connectivity index (χ0v) is 11.6. The Morgan fingerprint density at radius 2 is 2.00 bits per heavy atom. The Hall–Kier alpha value is -1.09. The fraction of sp³-hybridized carbons (Fsp3) is 0.556. The summed E-state index contributed by atoms with van der Waals surface area (Å²) in [6.07, 6.45) is -3.62. The van der Waals surface area contributed by atoms with Crippen LogP contribution in [0.15, 0.2) is 6.07 Å². The number of hydrogen-bond donors (Lipinski definition) is 1. The van der Waals surface area contributed by atoms with Crippen molar-refractivity contribution >= 4 is 27.3 Å². The molecule has 0 bridgehead atoms. The molecule has 1 unspecified atom stereocenters. The lowest BCUT2D eigenvalue weighted by Gasteiger charge is -2.14. The van der Waals surface area contributed by atoms with Gasteiger partial charge >= 0.3 is 6.18 Å². The molecule has 1 heterocycles. The van der Waals surface area contributed by atoms with Gasteiger partial charge in [0.05, 0.1) is 5.75 Å². The van der Waals surface area contributed by atoms with Crippen LogP contribution in [0.5, 0.6) is 0 Å². The van der Waals surface area contributed by atoms with Crippen molar-refractivity contribution in [2.45, 2.75) is 19.1 Å². The topological polar surface area (TPSA) is 72.0 Å². The SMILES string of the molecule is CC(CS(C)(=O)=O)Nc1cc(C(F)(F)F)nc(Cl)n1. The quantitative estimate of drug-likeness (QED) is 0.860. The highest BCUT2D eigenvalue weighted by molar-refractivity contribution is 7.90. The zero-order chi connectivity index (χ0) is 14.8.